The van der Waals surface area contributed by atoms with Crippen LogP contribution in [0, 0.1) is 11.8 Å². The van der Waals surface area contributed by atoms with E-state index in [0.717, 1.165) is 18.4 Å². The Kier molecular flexibility index (Phi) is 3.90. The second-order valence-corrected chi connectivity index (χ2v) is 6.73. The first kappa shape index (κ1) is 13.1. The van der Waals surface area contributed by atoms with Gasteiger partial charge in [-0.3, -0.25) is 0 Å². The van der Waals surface area contributed by atoms with Gasteiger partial charge in [0.1, 0.15) is 0 Å². The fourth-order valence-electron chi connectivity index (χ4n) is 3.03. The second kappa shape index (κ2) is 5.64. The molecule has 1 aromatic heterocycles. The number of rotatable bonds is 6. The highest BCUT2D eigenvalue weighted by Gasteiger charge is 2.34. The Bertz CT molecular complexity index is 541. The van der Waals surface area contributed by atoms with Gasteiger partial charge in [0, 0.05) is 10.7 Å². The van der Waals surface area contributed by atoms with Crippen LogP contribution in [0.15, 0.2) is 29.6 Å². The Balaban J connectivity index is 1.94. The minimum Gasteiger partial charge on any atom is -0.310 e. The molecule has 0 saturated heterocycles. The molecule has 1 fully saturated rings. The number of benzene rings is 1. The smallest absolute Gasteiger partial charge is 0.0390 e. The molecule has 1 nitrogen and oxygen atoms in total. The van der Waals surface area contributed by atoms with Gasteiger partial charge in [-0.1, -0.05) is 32.0 Å². The van der Waals surface area contributed by atoms with E-state index in [0.29, 0.717) is 6.04 Å². The van der Waals surface area contributed by atoms with Crippen LogP contribution in [0.3, 0.4) is 0 Å². The molecule has 102 valence electrons. The van der Waals surface area contributed by atoms with Crippen LogP contribution in [-0.4, -0.2) is 6.54 Å². The van der Waals surface area contributed by atoms with Crippen LogP contribution in [0.2, 0.25) is 0 Å². The lowest BCUT2D eigenvalue weighted by Crippen LogP contribution is -2.28. The van der Waals surface area contributed by atoms with E-state index in [9.17, 15) is 0 Å². The SMILES string of the molecule is CCCNC(c1cccc2ccsc12)C(C)C1CC1. The Morgan fingerprint density at radius 2 is 2.16 bits per heavy atom. The van der Waals surface area contributed by atoms with Crippen molar-refractivity contribution >= 4 is 21.4 Å². The molecule has 1 aliphatic rings. The van der Waals surface area contributed by atoms with Crippen molar-refractivity contribution in [1.82, 2.24) is 5.32 Å². The Hall–Kier alpha value is -0.860. The van der Waals surface area contributed by atoms with E-state index in [4.69, 9.17) is 0 Å². The van der Waals surface area contributed by atoms with Crippen molar-refractivity contribution in [2.45, 2.75) is 39.2 Å². The van der Waals surface area contributed by atoms with E-state index < -0.39 is 0 Å². The molecule has 2 aromatic rings. The Morgan fingerprint density at radius 1 is 1.32 bits per heavy atom. The predicted molar refractivity (Wildman–Crippen MR) is 84.7 cm³/mol. The highest BCUT2D eigenvalue weighted by molar-refractivity contribution is 7.17. The van der Waals surface area contributed by atoms with Gasteiger partial charge in [-0.15, -0.1) is 11.3 Å². The fourth-order valence-corrected chi connectivity index (χ4v) is 3.99. The van der Waals surface area contributed by atoms with Gasteiger partial charge < -0.3 is 5.32 Å². The first-order chi connectivity index (χ1) is 9.31. The van der Waals surface area contributed by atoms with Crippen LogP contribution in [0.4, 0.5) is 0 Å². The summed E-state index contributed by atoms with van der Waals surface area (Å²) in [7, 11) is 0. The van der Waals surface area contributed by atoms with Crippen LogP contribution in [0.5, 0.6) is 0 Å². The van der Waals surface area contributed by atoms with E-state index in [1.165, 1.54) is 34.9 Å². The number of hydrogen-bond donors (Lipinski definition) is 1. The van der Waals surface area contributed by atoms with Crippen LogP contribution < -0.4 is 5.32 Å². The van der Waals surface area contributed by atoms with Crippen molar-refractivity contribution < 1.29 is 0 Å². The van der Waals surface area contributed by atoms with Gasteiger partial charge in [-0.2, -0.15) is 0 Å². The zero-order valence-corrected chi connectivity index (χ0v) is 12.7. The highest BCUT2D eigenvalue weighted by atomic mass is 32.1. The topological polar surface area (TPSA) is 12.0 Å². The summed E-state index contributed by atoms with van der Waals surface area (Å²) in [5, 5.41) is 7.41. The molecule has 0 aliphatic heterocycles. The van der Waals surface area contributed by atoms with Gasteiger partial charge in [0.05, 0.1) is 0 Å². The average molecular weight is 273 g/mol. The third-order valence-corrected chi connectivity index (χ3v) is 5.33. The molecule has 2 atom stereocenters. The van der Waals surface area contributed by atoms with E-state index in [2.05, 4.69) is 48.8 Å². The van der Waals surface area contributed by atoms with Gasteiger partial charge in [0.25, 0.3) is 0 Å². The molecule has 19 heavy (non-hydrogen) atoms. The molecule has 1 saturated carbocycles. The van der Waals surface area contributed by atoms with E-state index >= 15 is 0 Å². The molecule has 2 unspecified atom stereocenters. The quantitative estimate of drug-likeness (QED) is 0.782. The third kappa shape index (κ3) is 2.70. The molecule has 0 bridgehead atoms. The maximum atomic E-state index is 3.80. The van der Waals surface area contributed by atoms with Gasteiger partial charge in [0.2, 0.25) is 0 Å². The molecule has 2 heteroatoms. The summed E-state index contributed by atoms with van der Waals surface area (Å²) in [5.74, 6) is 1.68. The summed E-state index contributed by atoms with van der Waals surface area (Å²) in [5.41, 5.74) is 1.51. The molecule has 0 spiro atoms. The molecule has 0 amide bonds. The minimum absolute atomic E-state index is 0.523. The lowest BCUT2D eigenvalue weighted by molar-refractivity contribution is 0.352. The van der Waals surface area contributed by atoms with Crippen molar-refractivity contribution in [2.75, 3.05) is 6.54 Å². The van der Waals surface area contributed by atoms with Gasteiger partial charge in [0.15, 0.2) is 0 Å². The first-order valence-electron chi connectivity index (χ1n) is 7.50. The fraction of sp³-hybridized carbons (Fsp3) is 0.529. The minimum atomic E-state index is 0.523. The van der Waals surface area contributed by atoms with Gasteiger partial charge in [-0.05, 0) is 60.0 Å². The highest BCUT2D eigenvalue weighted by Crippen LogP contribution is 2.44. The third-order valence-electron chi connectivity index (χ3n) is 4.35. The number of fused-ring (bicyclic) bond motifs is 1. The molecule has 1 heterocycles. The largest absolute Gasteiger partial charge is 0.310 e. The van der Waals surface area contributed by atoms with Crippen LogP contribution in [-0.2, 0) is 0 Å². The van der Waals surface area contributed by atoms with Gasteiger partial charge in [-0.25, -0.2) is 0 Å². The molecular weight excluding hydrogens is 250 g/mol. The van der Waals surface area contributed by atoms with Crippen LogP contribution >= 0.6 is 11.3 Å². The zero-order valence-electron chi connectivity index (χ0n) is 11.9. The Labute approximate surface area is 120 Å². The number of thiophene rings is 1. The molecule has 3 rings (SSSR count). The zero-order chi connectivity index (χ0) is 13.2. The van der Waals surface area contributed by atoms with Crippen LogP contribution in [0.1, 0.15) is 44.7 Å². The van der Waals surface area contributed by atoms with E-state index in [1.807, 2.05) is 11.3 Å². The molecule has 1 aromatic carbocycles. The van der Waals surface area contributed by atoms with Crippen molar-refractivity contribution in [3.8, 4) is 0 Å². The Morgan fingerprint density at radius 3 is 2.89 bits per heavy atom. The second-order valence-electron chi connectivity index (χ2n) is 5.81. The summed E-state index contributed by atoms with van der Waals surface area (Å²) in [6.45, 7) is 5.79. The summed E-state index contributed by atoms with van der Waals surface area (Å²) in [6, 6.07) is 9.53. The molecule has 0 radical (unpaired) electrons. The lowest BCUT2D eigenvalue weighted by atomic mass is 9.90. The maximum Gasteiger partial charge on any atom is 0.0390 e. The summed E-state index contributed by atoms with van der Waals surface area (Å²) >= 11 is 1.89. The first-order valence-corrected chi connectivity index (χ1v) is 8.38. The van der Waals surface area contributed by atoms with Crippen LogP contribution in [0.25, 0.3) is 10.1 Å². The van der Waals surface area contributed by atoms with Crippen molar-refractivity contribution in [3.05, 3.63) is 35.2 Å². The van der Waals surface area contributed by atoms with Gasteiger partial charge >= 0.3 is 0 Å². The predicted octanol–water partition coefficient (Wildman–Crippen LogP) is 4.99. The molecular formula is C17H23NS. The van der Waals surface area contributed by atoms with Crippen molar-refractivity contribution in [2.24, 2.45) is 11.8 Å². The maximum absolute atomic E-state index is 3.80. The lowest BCUT2D eigenvalue weighted by Gasteiger charge is -2.26. The molecule has 1 aliphatic carbocycles. The standard InChI is InChI=1S/C17H23NS/c1-3-10-18-16(12(2)13-7-8-13)15-6-4-5-14-9-11-19-17(14)15/h4-6,9,11-13,16,18H,3,7-8,10H2,1-2H3. The normalized spacial score (nSPS) is 18.6. The molecule has 1 N–H and O–H groups in total. The monoisotopic (exact) mass is 273 g/mol. The van der Waals surface area contributed by atoms with E-state index in [1.54, 1.807) is 0 Å². The average Bonchev–Trinajstić information content (AvgIpc) is 3.16. The number of hydrogen-bond acceptors (Lipinski definition) is 2. The van der Waals surface area contributed by atoms with Crippen molar-refractivity contribution in [3.63, 3.8) is 0 Å². The summed E-state index contributed by atoms with van der Waals surface area (Å²) in [4.78, 5) is 0. The summed E-state index contributed by atoms with van der Waals surface area (Å²) in [6.07, 6.45) is 4.05. The summed E-state index contributed by atoms with van der Waals surface area (Å²) < 4.78 is 1.48. The number of nitrogens with one attached hydrogen (secondary N) is 1. The van der Waals surface area contributed by atoms with Crippen molar-refractivity contribution in [1.29, 1.82) is 0 Å². The van der Waals surface area contributed by atoms with E-state index in [-0.39, 0.29) is 0 Å².